The maximum absolute atomic E-state index is 6.22. The highest BCUT2D eigenvalue weighted by Gasteiger charge is 2.42. The van der Waals surface area contributed by atoms with Crippen LogP contribution in [0.1, 0.15) is 54.9 Å². The summed E-state index contributed by atoms with van der Waals surface area (Å²) >= 11 is 0. The van der Waals surface area contributed by atoms with Crippen LogP contribution in [0.4, 0.5) is 0 Å². The van der Waals surface area contributed by atoms with Crippen LogP contribution in [0.15, 0.2) is 34.9 Å². The van der Waals surface area contributed by atoms with Crippen LogP contribution < -0.4 is 5.73 Å². The zero-order valence-electron chi connectivity index (χ0n) is 12.1. The van der Waals surface area contributed by atoms with Gasteiger partial charge in [-0.05, 0) is 43.1 Å². The summed E-state index contributed by atoms with van der Waals surface area (Å²) in [5.41, 5.74) is 7.42. The van der Waals surface area contributed by atoms with E-state index in [1.54, 1.807) is 0 Å². The van der Waals surface area contributed by atoms with Crippen LogP contribution in [0.5, 0.6) is 0 Å². The van der Waals surface area contributed by atoms with E-state index < -0.39 is 0 Å². The minimum Gasteiger partial charge on any atom is -0.338 e. The van der Waals surface area contributed by atoms with Gasteiger partial charge in [0.1, 0.15) is 0 Å². The molecule has 4 nitrogen and oxygen atoms in total. The van der Waals surface area contributed by atoms with Gasteiger partial charge in [0, 0.05) is 5.92 Å². The van der Waals surface area contributed by atoms with Crippen LogP contribution >= 0.6 is 0 Å². The fourth-order valence-electron chi connectivity index (χ4n) is 4.06. The van der Waals surface area contributed by atoms with Crippen molar-refractivity contribution in [3.8, 4) is 0 Å². The minimum atomic E-state index is -0.216. The van der Waals surface area contributed by atoms with Crippen molar-refractivity contribution in [2.75, 3.05) is 0 Å². The smallest absolute Gasteiger partial charge is 0.243 e. The first-order valence-corrected chi connectivity index (χ1v) is 7.92. The third kappa shape index (κ3) is 2.48. The molecule has 4 heteroatoms. The van der Waals surface area contributed by atoms with Gasteiger partial charge in [0.15, 0.2) is 5.82 Å². The van der Waals surface area contributed by atoms with Crippen LogP contribution in [-0.2, 0) is 6.42 Å². The van der Waals surface area contributed by atoms with Crippen molar-refractivity contribution < 1.29 is 4.52 Å². The van der Waals surface area contributed by atoms with E-state index in [0.29, 0.717) is 11.8 Å². The van der Waals surface area contributed by atoms with Crippen LogP contribution in [0.3, 0.4) is 0 Å². The SMILES string of the molecule is NC(Cc1ccccc1)c1nc(C2CC3CCC2C3)no1. The molecule has 2 aliphatic rings. The highest BCUT2D eigenvalue weighted by Crippen LogP contribution is 2.52. The monoisotopic (exact) mass is 283 g/mol. The van der Waals surface area contributed by atoms with Gasteiger partial charge in [0.2, 0.25) is 5.89 Å². The molecule has 1 aromatic heterocycles. The molecule has 21 heavy (non-hydrogen) atoms. The lowest BCUT2D eigenvalue weighted by atomic mass is 9.88. The van der Waals surface area contributed by atoms with Gasteiger partial charge < -0.3 is 10.3 Å². The Bertz CT molecular complexity index is 610. The quantitative estimate of drug-likeness (QED) is 0.935. The van der Waals surface area contributed by atoms with E-state index in [1.807, 2.05) is 18.2 Å². The Morgan fingerprint density at radius 3 is 2.76 bits per heavy atom. The third-order valence-corrected chi connectivity index (χ3v) is 5.14. The summed E-state index contributed by atoms with van der Waals surface area (Å²) in [5.74, 6) is 3.63. The molecule has 2 N–H and O–H groups in total. The summed E-state index contributed by atoms with van der Waals surface area (Å²) in [6.07, 6.45) is 6.04. The lowest BCUT2D eigenvalue weighted by Gasteiger charge is -2.17. The van der Waals surface area contributed by atoms with Crippen molar-refractivity contribution in [3.05, 3.63) is 47.6 Å². The molecule has 2 saturated carbocycles. The minimum absolute atomic E-state index is 0.216. The zero-order valence-corrected chi connectivity index (χ0v) is 12.1. The molecule has 4 unspecified atom stereocenters. The second-order valence-electron chi connectivity index (χ2n) is 6.57. The molecule has 0 aliphatic heterocycles. The fraction of sp³-hybridized carbons (Fsp3) is 0.529. The number of fused-ring (bicyclic) bond motifs is 2. The van der Waals surface area contributed by atoms with E-state index in [2.05, 4.69) is 22.3 Å². The first-order chi connectivity index (χ1) is 10.3. The lowest BCUT2D eigenvalue weighted by molar-refractivity contribution is 0.337. The van der Waals surface area contributed by atoms with Gasteiger partial charge in [-0.3, -0.25) is 0 Å². The molecule has 1 heterocycles. The molecule has 0 saturated heterocycles. The molecule has 2 fully saturated rings. The van der Waals surface area contributed by atoms with E-state index in [0.717, 1.165) is 24.1 Å². The number of aromatic nitrogens is 2. The van der Waals surface area contributed by atoms with E-state index in [1.165, 1.54) is 31.2 Å². The van der Waals surface area contributed by atoms with Gasteiger partial charge in [-0.15, -0.1) is 0 Å². The molecule has 110 valence electrons. The van der Waals surface area contributed by atoms with Crippen LogP contribution in [0.2, 0.25) is 0 Å². The highest BCUT2D eigenvalue weighted by atomic mass is 16.5. The maximum atomic E-state index is 6.22. The summed E-state index contributed by atoms with van der Waals surface area (Å²) in [6, 6.07) is 10.00. The number of nitrogens with zero attached hydrogens (tertiary/aromatic N) is 2. The predicted octanol–water partition coefficient (Wildman–Crippen LogP) is 3.22. The molecule has 2 aliphatic carbocycles. The zero-order chi connectivity index (χ0) is 14.2. The van der Waals surface area contributed by atoms with Gasteiger partial charge in [-0.2, -0.15) is 4.98 Å². The van der Waals surface area contributed by atoms with E-state index in [9.17, 15) is 0 Å². The molecule has 0 amide bonds. The van der Waals surface area contributed by atoms with Crippen LogP contribution in [0, 0.1) is 11.8 Å². The van der Waals surface area contributed by atoms with Gasteiger partial charge in [0.25, 0.3) is 0 Å². The molecular weight excluding hydrogens is 262 g/mol. The molecule has 1 aromatic carbocycles. The Labute approximate surface area is 124 Å². The number of hydrogen-bond acceptors (Lipinski definition) is 4. The maximum Gasteiger partial charge on any atom is 0.243 e. The van der Waals surface area contributed by atoms with Crippen molar-refractivity contribution in [1.29, 1.82) is 0 Å². The molecule has 4 rings (SSSR count). The topological polar surface area (TPSA) is 64.9 Å². The van der Waals surface area contributed by atoms with Crippen molar-refractivity contribution in [2.45, 2.75) is 44.1 Å². The van der Waals surface area contributed by atoms with E-state index in [4.69, 9.17) is 10.3 Å². The molecule has 2 bridgehead atoms. The first kappa shape index (κ1) is 13.0. The molecule has 4 atom stereocenters. The predicted molar refractivity (Wildman–Crippen MR) is 79.6 cm³/mol. The van der Waals surface area contributed by atoms with Crippen molar-refractivity contribution in [1.82, 2.24) is 10.1 Å². The number of hydrogen-bond donors (Lipinski definition) is 1. The summed E-state index contributed by atoms with van der Waals surface area (Å²) in [7, 11) is 0. The van der Waals surface area contributed by atoms with E-state index >= 15 is 0 Å². The normalized spacial score (nSPS) is 28.9. The molecule has 0 radical (unpaired) electrons. The molecular formula is C17H21N3O. The Morgan fingerprint density at radius 1 is 1.19 bits per heavy atom. The summed E-state index contributed by atoms with van der Waals surface area (Å²) < 4.78 is 5.43. The first-order valence-electron chi connectivity index (χ1n) is 7.92. The molecule has 2 aromatic rings. The van der Waals surface area contributed by atoms with Crippen molar-refractivity contribution in [2.24, 2.45) is 17.6 Å². The average molecular weight is 283 g/mol. The molecule has 0 spiro atoms. The fourth-order valence-corrected chi connectivity index (χ4v) is 4.06. The average Bonchev–Trinajstić information content (AvgIpc) is 3.24. The van der Waals surface area contributed by atoms with Crippen LogP contribution in [-0.4, -0.2) is 10.1 Å². The van der Waals surface area contributed by atoms with Gasteiger partial charge >= 0.3 is 0 Å². The largest absolute Gasteiger partial charge is 0.338 e. The standard InChI is InChI=1S/C17H21N3O/c18-15(10-11-4-2-1-3-5-11)17-19-16(20-21-17)14-9-12-6-7-13(14)8-12/h1-5,12-15H,6-10,18H2. The van der Waals surface area contributed by atoms with Gasteiger partial charge in [-0.1, -0.05) is 41.9 Å². The number of rotatable bonds is 4. The summed E-state index contributed by atoms with van der Waals surface area (Å²) in [5, 5.41) is 4.21. The highest BCUT2D eigenvalue weighted by molar-refractivity contribution is 5.17. The Morgan fingerprint density at radius 2 is 2.05 bits per heavy atom. The van der Waals surface area contributed by atoms with Crippen LogP contribution in [0.25, 0.3) is 0 Å². The summed E-state index contributed by atoms with van der Waals surface area (Å²) in [4.78, 5) is 4.60. The second-order valence-corrected chi connectivity index (χ2v) is 6.57. The van der Waals surface area contributed by atoms with Gasteiger partial charge in [0.05, 0.1) is 6.04 Å². The third-order valence-electron chi connectivity index (χ3n) is 5.14. The number of benzene rings is 1. The van der Waals surface area contributed by atoms with E-state index in [-0.39, 0.29) is 6.04 Å². The number of nitrogens with two attached hydrogens (primary N) is 1. The van der Waals surface area contributed by atoms with Crippen molar-refractivity contribution in [3.63, 3.8) is 0 Å². The summed E-state index contributed by atoms with van der Waals surface area (Å²) in [6.45, 7) is 0. The van der Waals surface area contributed by atoms with Gasteiger partial charge in [-0.25, -0.2) is 0 Å². The Kier molecular flexibility index (Phi) is 3.26. The Hall–Kier alpha value is -1.68. The van der Waals surface area contributed by atoms with Crippen molar-refractivity contribution >= 4 is 0 Å². The lowest BCUT2D eigenvalue weighted by Crippen LogP contribution is -2.14. The second kappa shape index (κ2) is 5.26. The Balaban J connectivity index is 1.47.